The van der Waals surface area contributed by atoms with E-state index in [0.29, 0.717) is 0 Å². The molecule has 1 heteroatoms. The highest BCUT2D eigenvalue weighted by Crippen LogP contribution is 2.27. The average molecular weight is 261 g/mol. The van der Waals surface area contributed by atoms with Gasteiger partial charge in [0.1, 0.15) is 0 Å². The molecule has 0 heterocycles. The Morgan fingerprint density at radius 2 is 1.53 bits per heavy atom. The molecule has 1 nitrogen and oxygen atoms in total. The first kappa shape index (κ1) is 16.2. The molecule has 0 saturated carbocycles. The minimum atomic E-state index is -0.172. The second kappa shape index (κ2) is 8.37. The van der Waals surface area contributed by atoms with Crippen molar-refractivity contribution in [2.75, 3.05) is 0 Å². The molecule has 0 aliphatic heterocycles. The van der Waals surface area contributed by atoms with Crippen LogP contribution in [0.4, 0.5) is 0 Å². The van der Waals surface area contributed by atoms with Gasteiger partial charge in [-0.2, -0.15) is 0 Å². The van der Waals surface area contributed by atoms with Crippen molar-refractivity contribution in [3.63, 3.8) is 0 Å². The molecule has 1 atom stereocenters. The predicted octanol–water partition coefficient (Wildman–Crippen LogP) is 5.31. The van der Waals surface area contributed by atoms with Gasteiger partial charge in [0.2, 0.25) is 0 Å². The molecule has 108 valence electrons. The zero-order valence-electron chi connectivity index (χ0n) is 13.0. The van der Waals surface area contributed by atoms with E-state index in [4.69, 9.17) is 5.73 Å². The number of unbranched alkanes of at least 4 members (excludes halogenated alkanes) is 6. The highest BCUT2D eigenvalue weighted by atomic mass is 14.7. The van der Waals surface area contributed by atoms with Crippen molar-refractivity contribution < 1.29 is 0 Å². The van der Waals surface area contributed by atoms with E-state index in [2.05, 4.69) is 45.0 Å². The fourth-order valence-electron chi connectivity index (χ4n) is 2.80. The molecule has 0 aromatic heterocycles. The van der Waals surface area contributed by atoms with Crippen molar-refractivity contribution in [1.82, 2.24) is 0 Å². The number of hydrogen-bond donors (Lipinski definition) is 1. The van der Waals surface area contributed by atoms with Crippen LogP contribution in [0.15, 0.2) is 24.3 Å². The first-order valence-corrected chi connectivity index (χ1v) is 7.93. The average Bonchev–Trinajstić information content (AvgIpc) is 2.38. The van der Waals surface area contributed by atoms with Crippen LogP contribution < -0.4 is 5.73 Å². The third-order valence-corrected chi connectivity index (χ3v) is 4.06. The summed E-state index contributed by atoms with van der Waals surface area (Å²) in [7, 11) is 0. The smallest absolute Gasteiger partial charge is 0.0383 e. The highest BCUT2D eigenvalue weighted by molar-refractivity contribution is 5.31. The van der Waals surface area contributed by atoms with Gasteiger partial charge in [-0.05, 0) is 31.4 Å². The van der Waals surface area contributed by atoms with Gasteiger partial charge in [-0.3, -0.25) is 0 Å². The Morgan fingerprint density at radius 1 is 0.947 bits per heavy atom. The van der Waals surface area contributed by atoms with Gasteiger partial charge in [0.15, 0.2) is 0 Å². The Labute approximate surface area is 119 Å². The van der Waals surface area contributed by atoms with Crippen LogP contribution in [0.25, 0.3) is 0 Å². The van der Waals surface area contributed by atoms with Gasteiger partial charge in [0.25, 0.3) is 0 Å². The zero-order chi connectivity index (χ0) is 14.1. The standard InChI is InChI=1S/C18H31N/c1-4-5-6-7-8-9-12-15-18(3,19)17-14-11-10-13-16(17)2/h10-11,13-14H,4-9,12,15,19H2,1-3H3. The summed E-state index contributed by atoms with van der Waals surface area (Å²) in [6, 6.07) is 8.52. The van der Waals surface area contributed by atoms with Crippen LogP contribution in [0.3, 0.4) is 0 Å². The number of aryl methyl sites for hydroxylation is 1. The Hall–Kier alpha value is -0.820. The van der Waals surface area contributed by atoms with E-state index in [0.717, 1.165) is 6.42 Å². The number of benzene rings is 1. The molecule has 0 saturated heterocycles. The number of nitrogens with two attached hydrogens (primary N) is 1. The minimum Gasteiger partial charge on any atom is -0.322 e. The van der Waals surface area contributed by atoms with Crippen LogP contribution in [0.1, 0.15) is 76.3 Å². The molecule has 1 aromatic carbocycles. The van der Waals surface area contributed by atoms with Crippen molar-refractivity contribution in [1.29, 1.82) is 0 Å². The van der Waals surface area contributed by atoms with Crippen LogP contribution >= 0.6 is 0 Å². The quantitative estimate of drug-likeness (QED) is 0.599. The van der Waals surface area contributed by atoms with Crippen LogP contribution in [-0.4, -0.2) is 0 Å². The van der Waals surface area contributed by atoms with E-state index in [-0.39, 0.29) is 5.54 Å². The predicted molar refractivity (Wildman–Crippen MR) is 85.3 cm³/mol. The molecular formula is C18H31N. The summed E-state index contributed by atoms with van der Waals surface area (Å²) in [5.41, 5.74) is 8.95. The molecule has 2 N–H and O–H groups in total. The van der Waals surface area contributed by atoms with Gasteiger partial charge in [0.05, 0.1) is 0 Å². The second-order valence-electron chi connectivity index (χ2n) is 6.10. The first-order chi connectivity index (χ1) is 9.08. The lowest BCUT2D eigenvalue weighted by Gasteiger charge is -2.27. The van der Waals surface area contributed by atoms with E-state index in [1.807, 2.05) is 0 Å². The maximum absolute atomic E-state index is 6.50. The normalized spacial score (nSPS) is 14.3. The molecule has 0 amide bonds. The fourth-order valence-corrected chi connectivity index (χ4v) is 2.80. The SMILES string of the molecule is CCCCCCCCCC(C)(N)c1ccccc1C. The van der Waals surface area contributed by atoms with Crippen LogP contribution in [0, 0.1) is 6.92 Å². The number of hydrogen-bond acceptors (Lipinski definition) is 1. The third kappa shape index (κ3) is 5.78. The molecule has 0 spiro atoms. The van der Waals surface area contributed by atoms with Gasteiger partial charge >= 0.3 is 0 Å². The molecule has 19 heavy (non-hydrogen) atoms. The summed E-state index contributed by atoms with van der Waals surface area (Å²) in [6.45, 7) is 6.60. The van der Waals surface area contributed by atoms with Crippen LogP contribution in [-0.2, 0) is 5.54 Å². The van der Waals surface area contributed by atoms with Crippen molar-refractivity contribution in [3.8, 4) is 0 Å². The van der Waals surface area contributed by atoms with E-state index in [1.165, 1.54) is 56.1 Å². The monoisotopic (exact) mass is 261 g/mol. The second-order valence-corrected chi connectivity index (χ2v) is 6.10. The lowest BCUT2D eigenvalue weighted by atomic mass is 9.85. The summed E-state index contributed by atoms with van der Waals surface area (Å²) in [5, 5.41) is 0. The lowest BCUT2D eigenvalue weighted by molar-refractivity contribution is 0.419. The topological polar surface area (TPSA) is 26.0 Å². The van der Waals surface area contributed by atoms with Crippen LogP contribution in [0.2, 0.25) is 0 Å². The van der Waals surface area contributed by atoms with Gasteiger partial charge < -0.3 is 5.73 Å². The van der Waals surface area contributed by atoms with Gasteiger partial charge in [-0.25, -0.2) is 0 Å². The summed E-state index contributed by atoms with van der Waals surface area (Å²) in [4.78, 5) is 0. The summed E-state index contributed by atoms with van der Waals surface area (Å²) in [6.07, 6.45) is 10.5. The Balaban J connectivity index is 2.30. The Morgan fingerprint density at radius 3 is 2.16 bits per heavy atom. The van der Waals surface area contributed by atoms with E-state index in [1.54, 1.807) is 0 Å². The number of rotatable bonds is 9. The fraction of sp³-hybridized carbons (Fsp3) is 0.667. The van der Waals surface area contributed by atoms with E-state index in [9.17, 15) is 0 Å². The van der Waals surface area contributed by atoms with Crippen molar-refractivity contribution in [2.24, 2.45) is 5.73 Å². The zero-order valence-corrected chi connectivity index (χ0v) is 13.0. The highest BCUT2D eigenvalue weighted by Gasteiger charge is 2.21. The molecule has 0 aliphatic carbocycles. The van der Waals surface area contributed by atoms with Crippen molar-refractivity contribution in [2.45, 2.75) is 77.7 Å². The van der Waals surface area contributed by atoms with E-state index < -0.39 is 0 Å². The van der Waals surface area contributed by atoms with Gasteiger partial charge in [-0.15, -0.1) is 0 Å². The van der Waals surface area contributed by atoms with Gasteiger partial charge in [0, 0.05) is 5.54 Å². The summed E-state index contributed by atoms with van der Waals surface area (Å²) >= 11 is 0. The molecular weight excluding hydrogens is 230 g/mol. The molecule has 1 unspecified atom stereocenters. The van der Waals surface area contributed by atoms with Crippen LogP contribution in [0.5, 0.6) is 0 Å². The first-order valence-electron chi connectivity index (χ1n) is 7.93. The van der Waals surface area contributed by atoms with Crippen molar-refractivity contribution in [3.05, 3.63) is 35.4 Å². The summed E-state index contributed by atoms with van der Waals surface area (Å²) < 4.78 is 0. The molecule has 0 bridgehead atoms. The summed E-state index contributed by atoms with van der Waals surface area (Å²) in [5.74, 6) is 0. The van der Waals surface area contributed by atoms with Gasteiger partial charge in [-0.1, -0.05) is 76.1 Å². The Bertz CT molecular complexity index is 354. The Kier molecular flexibility index (Phi) is 7.15. The minimum absolute atomic E-state index is 0.172. The largest absolute Gasteiger partial charge is 0.322 e. The maximum Gasteiger partial charge on any atom is 0.0383 e. The third-order valence-electron chi connectivity index (χ3n) is 4.06. The molecule has 0 fully saturated rings. The van der Waals surface area contributed by atoms with E-state index >= 15 is 0 Å². The maximum atomic E-state index is 6.50. The molecule has 0 aliphatic rings. The lowest BCUT2D eigenvalue weighted by Crippen LogP contribution is -2.33. The van der Waals surface area contributed by atoms with Crippen molar-refractivity contribution >= 4 is 0 Å². The molecule has 1 rings (SSSR count). The molecule has 1 aromatic rings. The molecule has 0 radical (unpaired) electrons.